The molecule has 5 nitrogen and oxygen atoms in total. The fourth-order valence-corrected chi connectivity index (χ4v) is 11.4. The summed E-state index contributed by atoms with van der Waals surface area (Å²) in [4.78, 5) is 23.6. The summed E-state index contributed by atoms with van der Waals surface area (Å²) in [6.07, 6.45) is 3.96. The summed E-state index contributed by atoms with van der Waals surface area (Å²) in [7, 11) is 0. The summed E-state index contributed by atoms with van der Waals surface area (Å²) < 4.78 is 0. The van der Waals surface area contributed by atoms with Gasteiger partial charge in [0.25, 0.3) is 0 Å². The average molecular weight is 842 g/mol. The van der Waals surface area contributed by atoms with Crippen LogP contribution in [-0.2, 0) is 9.59 Å². The smallest absolute Gasteiger partial charge is 0.155 e. The zero-order chi connectivity index (χ0) is 47.2. The molecule has 1 aliphatic rings. The number of nitrogens with one attached hydrogen (secondary N) is 1. The minimum Gasteiger partial charge on any atom is -0.329 e. The van der Waals surface area contributed by atoms with Crippen molar-refractivity contribution in [1.29, 1.82) is 0 Å². The molecule has 1 aliphatic heterocycles. The highest BCUT2D eigenvalue weighted by Gasteiger charge is 2.52. The van der Waals surface area contributed by atoms with Crippen LogP contribution in [0, 0.1) is 107 Å². The minimum atomic E-state index is -0.0122. The van der Waals surface area contributed by atoms with Crippen LogP contribution in [0.15, 0.2) is 37.5 Å². The molecule has 3 N–H and O–H groups in total. The Morgan fingerprint density at radius 1 is 0.533 bits per heavy atom. The number of allylic oxidation sites excluding steroid dienone is 3. The normalized spacial score (nSPS) is 18.0. The van der Waals surface area contributed by atoms with E-state index in [9.17, 15) is 9.59 Å². The fourth-order valence-electron chi connectivity index (χ4n) is 11.4. The van der Waals surface area contributed by atoms with Crippen molar-refractivity contribution in [3.63, 3.8) is 0 Å². The molecule has 0 bridgehead atoms. The average Bonchev–Trinajstić information content (AvgIpc) is 3.15. The van der Waals surface area contributed by atoms with Crippen LogP contribution < -0.4 is 11.1 Å². The van der Waals surface area contributed by atoms with Crippen LogP contribution >= 0.6 is 0 Å². The van der Waals surface area contributed by atoms with Crippen LogP contribution in [0.3, 0.4) is 0 Å². The van der Waals surface area contributed by atoms with Gasteiger partial charge in [-0.05, 0) is 132 Å². The van der Waals surface area contributed by atoms with Crippen molar-refractivity contribution in [2.24, 2.45) is 112 Å². The van der Waals surface area contributed by atoms with Gasteiger partial charge in [0.05, 0.1) is 0 Å². The standard InChI is InChI=1S/C40H80.C9H12O2.C6H15N3/c1-22(2)31(19)37(34(25(7)8)26(9)10)40(38(32(20)23(3)4)35(27(11)12)28(13)14)39(33(21)24(5)6)36(29(15)16)30(17)18;1-3-8(10)6-5-7-9(11)4-2;7-1-4-9-5-2-8-3-6-9/h22-24,26-40H,7H2,1-6,8-21H3;3-4H,1-2,5-7H2;8H,1-7H2. The molecule has 0 aromatic heterocycles. The molecule has 0 amide bonds. The minimum absolute atomic E-state index is 0.0122. The van der Waals surface area contributed by atoms with Gasteiger partial charge >= 0.3 is 0 Å². The number of carbonyl (C=O) groups excluding carboxylic acids is 2. The van der Waals surface area contributed by atoms with Crippen LogP contribution in [0.25, 0.3) is 0 Å². The van der Waals surface area contributed by atoms with E-state index in [0.29, 0.717) is 126 Å². The largest absolute Gasteiger partial charge is 0.329 e. The molecular weight excluding hydrogens is 735 g/mol. The van der Waals surface area contributed by atoms with E-state index in [1.54, 1.807) is 0 Å². The van der Waals surface area contributed by atoms with E-state index in [2.05, 4.69) is 162 Å². The fraction of sp³-hybridized carbons (Fsp3) is 0.855. The number of piperazine rings is 1. The molecule has 1 heterocycles. The van der Waals surface area contributed by atoms with Gasteiger partial charge in [0.1, 0.15) is 0 Å². The van der Waals surface area contributed by atoms with Crippen LogP contribution in [0.1, 0.15) is 158 Å². The number of nitrogens with two attached hydrogens (primary N) is 1. The first-order chi connectivity index (χ1) is 27.8. The lowest BCUT2D eigenvalue weighted by Gasteiger charge is -2.57. The number of carbonyl (C=O) groups is 2. The molecule has 0 radical (unpaired) electrons. The summed E-state index contributed by atoms with van der Waals surface area (Å²) in [5.41, 5.74) is 6.81. The second kappa shape index (κ2) is 31.3. The summed E-state index contributed by atoms with van der Waals surface area (Å²) >= 11 is 0. The number of hydrogen-bond acceptors (Lipinski definition) is 5. The molecule has 0 aromatic rings. The molecule has 1 rings (SSSR count). The maximum Gasteiger partial charge on any atom is 0.155 e. The third kappa shape index (κ3) is 20.7. The van der Waals surface area contributed by atoms with Crippen LogP contribution in [0.5, 0.6) is 0 Å². The highest BCUT2D eigenvalue weighted by atomic mass is 16.1. The van der Waals surface area contributed by atoms with Gasteiger partial charge in [-0.15, -0.1) is 0 Å². The SMILES string of the molecule is C=C(C)C(C(C)C)C(C(C)C(C)C)C(C(C(C)C(C)C)C(C(C)C)C(C)C)C(C(C)C(C)C)C(C(C)C)C(C)C.C=CC(=O)CCCC(=O)C=C.NCCN1CCNCC1. The lowest BCUT2D eigenvalue weighted by molar-refractivity contribution is -0.115. The Bertz CT molecular complexity index is 1100. The van der Waals surface area contributed by atoms with E-state index in [1.165, 1.54) is 17.7 Å². The molecule has 354 valence electrons. The molecule has 1 fully saturated rings. The predicted octanol–water partition coefficient (Wildman–Crippen LogP) is 13.5. The molecule has 0 spiro atoms. The lowest BCUT2D eigenvalue weighted by Crippen LogP contribution is -2.52. The van der Waals surface area contributed by atoms with E-state index in [1.807, 2.05) is 0 Å². The maximum absolute atomic E-state index is 10.6. The van der Waals surface area contributed by atoms with Gasteiger partial charge in [-0.3, -0.25) is 14.5 Å². The van der Waals surface area contributed by atoms with Crippen molar-refractivity contribution in [3.05, 3.63) is 37.5 Å². The molecule has 0 saturated carbocycles. The molecular formula is C55H107N3O2. The highest BCUT2D eigenvalue weighted by molar-refractivity contribution is 5.91. The van der Waals surface area contributed by atoms with Crippen LogP contribution in [0.2, 0.25) is 0 Å². The Hall–Kier alpha value is -1.56. The number of hydrogen-bond donors (Lipinski definition) is 2. The number of rotatable bonds is 26. The van der Waals surface area contributed by atoms with Crippen LogP contribution in [-0.4, -0.2) is 55.7 Å². The highest BCUT2D eigenvalue weighted by Crippen LogP contribution is 2.57. The lowest BCUT2D eigenvalue weighted by atomic mass is 9.48. The van der Waals surface area contributed by atoms with Crippen molar-refractivity contribution < 1.29 is 9.59 Å². The van der Waals surface area contributed by atoms with Crippen molar-refractivity contribution in [3.8, 4) is 0 Å². The third-order valence-corrected chi connectivity index (χ3v) is 14.9. The van der Waals surface area contributed by atoms with Gasteiger partial charge in [0.15, 0.2) is 11.6 Å². The summed E-state index contributed by atoms with van der Waals surface area (Å²) in [6, 6.07) is 0. The van der Waals surface area contributed by atoms with E-state index in [0.717, 1.165) is 39.3 Å². The number of ketones is 2. The van der Waals surface area contributed by atoms with Gasteiger partial charge in [-0.25, -0.2) is 0 Å². The Morgan fingerprint density at radius 2 is 0.867 bits per heavy atom. The van der Waals surface area contributed by atoms with Gasteiger partial charge < -0.3 is 11.1 Å². The molecule has 60 heavy (non-hydrogen) atoms. The van der Waals surface area contributed by atoms with Gasteiger partial charge in [0, 0.05) is 52.1 Å². The van der Waals surface area contributed by atoms with Gasteiger partial charge in [-0.1, -0.05) is 157 Å². The van der Waals surface area contributed by atoms with Crippen molar-refractivity contribution in [2.75, 3.05) is 39.3 Å². The van der Waals surface area contributed by atoms with Crippen molar-refractivity contribution in [1.82, 2.24) is 10.2 Å². The van der Waals surface area contributed by atoms with Crippen molar-refractivity contribution >= 4 is 11.6 Å². The quantitative estimate of drug-likeness (QED) is 0.0670. The Morgan fingerprint density at radius 3 is 1.12 bits per heavy atom. The first-order valence-corrected chi connectivity index (χ1v) is 24.9. The molecule has 0 aromatic carbocycles. The van der Waals surface area contributed by atoms with Gasteiger partial charge in [-0.2, -0.15) is 0 Å². The maximum atomic E-state index is 10.6. The first kappa shape index (κ1) is 60.5. The Kier molecular flexibility index (Phi) is 31.6. The monoisotopic (exact) mass is 842 g/mol. The zero-order valence-electron chi connectivity index (χ0n) is 43.9. The molecule has 5 heteroatoms. The van der Waals surface area contributed by atoms with E-state index in [4.69, 9.17) is 12.3 Å². The molecule has 7 unspecified atom stereocenters. The second-order valence-corrected chi connectivity index (χ2v) is 21.9. The van der Waals surface area contributed by atoms with Crippen molar-refractivity contribution in [2.45, 2.75) is 158 Å². The van der Waals surface area contributed by atoms with E-state index in [-0.39, 0.29) is 11.6 Å². The zero-order valence-corrected chi connectivity index (χ0v) is 43.9. The van der Waals surface area contributed by atoms with Gasteiger partial charge in [0.2, 0.25) is 0 Å². The topological polar surface area (TPSA) is 75.4 Å². The van der Waals surface area contributed by atoms with Crippen LogP contribution in [0.4, 0.5) is 0 Å². The predicted molar refractivity (Wildman–Crippen MR) is 268 cm³/mol. The summed E-state index contributed by atoms with van der Waals surface area (Å²) in [6.45, 7) is 68.3. The molecule has 0 aliphatic carbocycles. The van der Waals surface area contributed by atoms with E-state index < -0.39 is 0 Å². The summed E-state index contributed by atoms with van der Waals surface area (Å²) in [5.74, 6) is 12.0. The second-order valence-electron chi connectivity index (χ2n) is 21.9. The third-order valence-electron chi connectivity index (χ3n) is 14.9. The Balaban J connectivity index is 0. The molecule has 7 atom stereocenters. The summed E-state index contributed by atoms with van der Waals surface area (Å²) in [5, 5.41) is 3.29. The molecule has 1 saturated heterocycles. The first-order valence-electron chi connectivity index (χ1n) is 24.9. The number of nitrogens with zero attached hydrogens (tertiary/aromatic N) is 1. The van der Waals surface area contributed by atoms with E-state index >= 15 is 0 Å². The Labute approximate surface area is 376 Å².